The Kier molecular flexibility index (Phi) is 5.05. The fraction of sp³-hybridized carbons (Fsp3) is 0.818. The smallest absolute Gasteiger partial charge is 0.323 e. The number of aliphatic carboxylic acids is 1. The van der Waals surface area contributed by atoms with Crippen LogP contribution in [0.25, 0.3) is 0 Å². The number of hydrogen-bond acceptors (Lipinski definition) is 4. The van der Waals surface area contributed by atoms with Crippen molar-refractivity contribution in [1.82, 2.24) is 10.2 Å². The molecule has 2 rings (SSSR count). The number of carboxylic acids is 1. The summed E-state index contributed by atoms with van der Waals surface area (Å²) in [6, 6.07) is -0.0921. The van der Waals surface area contributed by atoms with Crippen molar-refractivity contribution in [3.63, 3.8) is 0 Å². The fourth-order valence-electron chi connectivity index (χ4n) is 1.86. The van der Waals surface area contributed by atoms with Gasteiger partial charge in [0.05, 0.1) is 0 Å². The van der Waals surface area contributed by atoms with Crippen LogP contribution in [0.4, 0.5) is 4.79 Å². The molecule has 0 aromatic heterocycles. The highest BCUT2D eigenvalue weighted by Gasteiger charge is 2.34. The molecule has 2 fully saturated rings. The number of urea groups is 1. The van der Waals surface area contributed by atoms with Crippen molar-refractivity contribution >= 4 is 35.5 Å². The summed E-state index contributed by atoms with van der Waals surface area (Å²) >= 11 is 3.80. The number of amides is 2. The number of thioether (sulfide) groups is 2. The zero-order chi connectivity index (χ0) is 13.0. The van der Waals surface area contributed by atoms with Crippen LogP contribution >= 0.6 is 23.5 Å². The van der Waals surface area contributed by atoms with Crippen molar-refractivity contribution in [3.05, 3.63) is 0 Å². The van der Waals surface area contributed by atoms with Crippen molar-refractivity contribution in [2.45, 2.75) is 24.1 Å². The summed E-state index contributed by atoms with van der Waals surface area (Å²) in [6.07, 6.45) is 1.85. The van der Waals surface area contributed by atoms with Crippen LogP contribution in [0.3, 0.4) is 0 Å². The molecule has 2 aliphatic rings. The van der Waals surface area contributed by atoms with E-state index < -0.39 is 5.97 Å². The molecule has 0 aromatic rings. The second-order valence-corrected chi connectivity index (χ2v) is 7.06. The average molecular weight is 290 g/mol. The van der Waals surface area contributed by atoms with Gasteiger partial charge in [0.1, 0.15) is 6.54 Å². The predicted octanol–water partition coefficient (Wildman–Crippen LogP) is 1.09. The highest BCUT2D eigenvalue weighted by Crippen LogP contribution is 2.27. The summed E-state index contributed by atoms with van der Waals surface area (Å²) in [5.41, 5.74) is 0. The molecule has 1 heterocycles. The lowest BCUT2D eigenvalue weighted by Gasteiger charge is -2.24. The quantitative estimate of drug-likeness (QED) is 0.793. The number of rotatable bonds is 5. The summed E-state index contributed by atoms with van der Waals surface area (Å²) < 4.78 is 0. The molecule has 1 aliphatic heterocycles. The first kappa shape index (κ1) is 13.9. The van der Waals surface area contributed by atoms with Gasteiger partial charge in [0.2, 0.25) is 0 Å². The lowest BCUT2D eigenvalue weighted by Crippen LogP contribution is -2.46. The van der Waals surface area contributed by atoms with E-state index in [0.717, 1.165) is 24.3 Å². The Morgan fingerprint density at radius 1 is 1.33 bits per heavy atom. The van der Waals surface area contributed by atoms with Crippen molar-refractivity contribution in [3.8, 4) is 0 Å². The fourth-order valence-corrected chi connectivity index (χ4v) is 4.47. The van der Waals surface area contributed by atoms with Crippen LogP contribution in [-0.2, 0) is 4.79 Å². The van der Waals surface area contributed by atoms with Gasteiger partial charge in [0.25, 0.3) is 0 Å². The molecular weight excluding hydrogens is 272 g/mol. The molecule has 5 nitrogen and oxygen atoms in total. The summed E-state index contributed by atoms with van der Waals surface area (Å²) in [7, 11) is 0. The van der Waals surface area contributed by atoms with Crippen molar-refractivity contribution in [2.24, 2.45) is 0 Å². The van der Waals surface area contributed by atoms with Crippen LogP contribution in [0, 0.1) is 0 Å². The van der Waals surface area contributed by atoms with E-state index in [1.807, 2.05) is 23.5 Å². The van der Waals surface area contributed by atoms with Crippen molar-refractivity contribution < 1.29 is 14.7 Å². The zero-order valence-electron chi connectivity index (χ0n) is 10.1. The SMILES string of the molecule is O=C(O)CN(C(=O)NCC1CSCCS1)C1CC1. The van der Waals surface area contributed by atoms with Crippen LogP contribution in [0.2, 0.25) is 0 Å². The number of carboxylic acid groups (broad SMARTS) is 1. The topological polar surface area (TPSA) is 69.6 Å². The van der Waals surface area contributed by atoms with Gasteiger partial charge < -0.3 is 15.3 Å². The lowest BCUT2D eigenvalue weighted by molar-refractivity contribution is -0.137. The maximum atomic E-state index is 11.9. The van der Waals surface area contributed by atoms with Gasteiger partial charge in [-0.1, -0.05) is 0 Å². The molecule has 1 saturated carbocycles. The number of carbonyl (C=O) groups is 2. The third kappa shape index (κ3) is 4.28. The summed E-state index contributed by atoms with van der Waals surface area (Å²) in [6.45, 7) is 0.447. The van der Waals surface area contributed by atoms with Crippen molar-refractivity contribution in [1.29, 1.82) is 0 Å². The minimum atomic E-state index is -0.945. The summed E-state index contributed by atoms with van der Waals surface area (Å²) in [4.78, 5) is 24.1. The minimum Gasteiger partial charge on any atom is -0.480 e. The predicted molar refractivity (Wildman–Crippen MR) is 74.3 cm³/mol. The minimum absolute atomic E-state index is 0.134. The van der Waals surface area contributed by atoms with E-state index in [-0.39, 0.29) is 18.6 Å². The number of hydrogen-bond donors (Lipinski definition) is 2. The Bertz CT molecular complexity index is 317. The molecule has 2 N–H and O–H groups in total. The van der Waals surface area contributed by atoms with Gasteiger partial charge in [-0.2, -0.15) is 23.5 Å². The van der Waals surface area contributed by atoms with Gasteiger partial charge in [0, 0.05) is 35.1 Å². The van der Waals surface area contributed by atoms with Crippen LogP contribution in [-0.4, -0.2) is 63.6 Å². The Hall–Kier alpha value is -0.560. The monoisotopic (exact) mass is 290 g/mol. The molecule has 0 aromatic carbocycles. The van der Waals surface area contributed by atoms with Gasteiger partial charge in [-0.25, -0.2) is 4.79 Å². The highest BCUT2D eigenvalue weighted by atomic mass is 32.2. The molecule has 0 bridgehead atoms. The number of nitrogens with one attached hydrogen (secondary N) is 1. The molecule has 102 valence electrons. The molecular formula is C11H18N2O3S2. The second-order valence-electron chi connectivity index (χ2n) is 4.51. The number of nitrogens with zero attached hydrogens (tertiary/aromatic N) is 1. The van der Waals surface area contributed by atoms with Gasteiger partial charge in [-0.3, -0.25) is 4.79 Å². The van der Waals surface area contributed by atoms with Crippen LogP contribution in [0.15, 0.2) is 0 Å². The zero-order valence-corrected chi connectivity index (χ0v) is 11.8. The van der Waals surface area contributed by atoms with E-state index in [2.05, 4.69) is 5.32 Å². The van der Waals surface area contributed by atoms with Crippen LogP contribution in [0.5, 0.6) is 0 Å². The standard InChI is InChI=1S/C11H18N2O3S2/c14-10(15)6-13(8-1-2-8)11(16)12-5-9-7-17-3-4-18-9/h8-9H,1-7H2,(H,12,16)(H,14,15). The third-order valence-corrected chi connectivity index (χ3v) is 5.76. The molecule has 1 aliphatic carbocycles. The Morgan fingerprint density at radius 3 is 2.67 bits per heavy atom. The Balaban J connectivity index is 1.75. The van der Waals surface area contributed by atoms with E-state index >= 15 is 0 Å². The maximum absolute atomic E-state index is 11.9. The largest absolute Gasteiger partial charge is 0.480 e. The van der Waals surface area contributed by atoms with E-state index in [4.69, 9.17) is 5.11 Å². The van der Waals surface area contributed by atoms with Gasteiger partial charge in [-0.05, 0) is 12.8 Å². The average Bonchev–Trinajstić information content (AvgIpc) is 3.18. The molecule has 1 unspecified atom stereocenters. The normalized spacial score (nSPS) is 23.4. The first-order valence-corrected chi connectivity index (χ1v) is 8.33. The highest BCUT2D eigenvalue weighted by molar-refractivity contribution is 8.06. The first-order valence-electron chi connectivity index (χ1n) is 6.12. The van der Waals surface area contributed by atoms with E-state index in [1.54, 1.807) is 0 Å². The van der Waals surface area contributed by atoms with Gasteiger partial charge >= 0.3 is 12.0 Å². The van der Waals surface area contributed by atoms with E-state index in [1.165, 1.54) is 10.7 Å². The molecule has 7 heteroatoms. The molecule has 1 saturated heterocycles. The molecule has 0 spiro atoms. The Morgan fingerprint density at radius 2 is 2.11 bits per heavy atom. The van der Waals surface area contributed by atoms with Crippen molar-refractivity contribution in [2.75, 3.05) is 30.3 Å². The first-order chi connectivity index (χ1) is 8.66. The Labute approximate surface area is 115 Å². The molecule has 1 atom stereocenters. The van der Waals surface area contributed by atoms with E-state index in [9.17, 15) is 9.59 Å². The van der Waals surface area contributed by atoms with Crippen LogP contribution < -0.4 is 5.32 Å². The lowest BCUT2D eigenvalue weighted by atomic mass is 10.4. The molecule has 0 radical (unpaired) electrons. The van der Waals surface area contributed by atoms with E-state index in [0.29, 0.717) is 11.8 Å². The summed E-state index contributed by atoms with van der Waals surface area (Å²) in [5.74, 6) is 2.43. The number of carbonyl (C=O) groups excluding carboxylic acids is 1. The van der Waals surface area contributed by atoms with Gasteiger partial charge in [-0.15, -0.1) is 0 Å². The maximum Gasteiger partial charge on any atom is 0.323 e. The van der Waals surface area contributed by atoms with Gasteiger partial charge in [0.15, 0.2) is 0 Å². The molecule has 2 amide bonds. The summed E-state index contributed by atoms with van der Waals surface area (Å²) in [5, 5.41) is 12.1. The van der Waals surface area contributed by atoms with Crippen LogP contribution in [0.1, 0.15) is 12.8 Å². The molecule has 18 heavy (non-hydrogen) atoms. The second kappa shape index (κ2) is 6.56. The third-order valence-electron chi connectivity index (χ3n) is 2.92.